The SMILES string of the molecule is COC(=O)C1CC(=O)N1c1ccccc1CBr. The zero-order chi connectivity index (χ0) is 12.4. The van der Waals surface area contributed by atoms with Crippen LogP contribution in [0.1, 0.15) is 12.0 Å². The second-order valence-corrected chi connectivity index (χ2v) is 4.33. The number of nitrogens with zero attached hydrogens (tertiary/aromatic N) is 1. The lowest BCUT2D eigenvalue weighted by Gasteiger charge is -2.39. The quantitative estimate of drug-likeness (QED) is 0.486. The predicted octanol–water partition coefficient (Wildman–Crippen LogP) is 1.86. The number of methoxy groups -OCH3 is 1. The lowest BCUT2D eigenvalue weighted by Crippen LogP contribution is -2.57. The monoisotopic (exact) mass is 297 g/mol. The van der Waals surface area contributed by atoms with Gasteiger partial charge in [-0.15, -0.1) is 0 Å². The number of benzene rings is 1. The fourth-order valence-electron chi connectivity index (χ4n) is 1.90. The molecule has 1 heterocycles. The highest BCUT2D eigenvalue weighted by Crippen LogP contribution is 2.32. The van der Waals surface area contributed by atoms with E-state index in [4.69, 9.17) is 0 Å². The largest absolute Gasteiger partial charge is 0.467 e. The van der Waals surface area contributed by atoms with Gasteiger partial charge in [-0.2, -0.15) is 0 Å². The normalized spacial score (nSPS) is 18.8. The molecule has 1 aromatic rings. The van der Waals surface area contributed by atoms with Crippen LogP contribution in [0.5, 0.6) is 0 Å². The number of esters is 1. The van der Waals surface area contributed by atoms with Gasteiger partial charge in [0.1, 0.15) is 6.04 Å². The molecule has 0 radical (unpaired) electrons. The molecule has 1 aliphatic rings. The lowest BCUT2D eigenvalue weighted by atomic mass is 9.99. The molecule has 5 heteroatoms. The Hall–Kier alpha value is -1.36. The number of halogens is 1. The standard InChI is InChI=1S/C12H12BrNO3/c1-17-12(16)10-6-11(15)14(10)9-5-3-2-4-8(9)7-13/h2-5,10H,6-7H2,1H3. The maximum Gasteiger partial charge on any atom is 0.329 e. The fourth-order valence-corrected chi connectivity index (χ4v) is 2.38. The molecular formula is C12H12BrNO3. The van der Waals surface area contributed by atoms with Gasteiger partial charge in [-0.05, 0) is 11.6 Å². The van der Waals surface area contributed by atoms with E-state index < -0.39 is 6.04 Å². The summed E-state index contributed by atoms with van der Waals surface area (Å²) in [6.07, 6.45) is 0.225. The maximum atomic E-state index is 11.6. The van der Waals surface area contributed by atoms with E-state index in [0.717, 1.165) is 11.3 Å². The molecule has 0 bridgehead atoms. The molecule has 90 valence electrons. The molecule has 1 fully saturated rings. The summed E-state index contributed by atoms with van der Waals surface area (Å²) < 4.78 is 4.68. The summed E-state index contributed by atoms with van der Waals surface area (Å²) in [5.41, 5.74) is 1.76. The van der Waals surface area contributed by atoms with E-state index in [-0.39, 0.29) is 18.3 Å². The smallest absolute Gasteiger partial charge is 0.329 e. The van der Waals surface area contributed by atoms with Crippen molar-refractivity contribution in [1.29, 1.82) is 0 Å². The van der Waals surface area contributed by atoms with Gasteiger partial charge in [-0.1, -0.05) is 34.1 Å². The van der Waals surface area contributed by atoms with Gasteiger partial charge < -0.3 is 4.74 Å². The van der Waals surface area contributed by atoms with Crippen LogP contribution >= 0.6 is 15.9 Å². The summed E-state index contributed by atoms with van der Waals surface area (Å²) in [6.45, 7) is 0. The molecule has 1 aliphatic heterocycles. The third-order valence-electron chi connectivity index (χ3n) is 2.82. The van der Waals surface area contributed by atoms with Crippen LogP contribution in [0.15, 0.2) is 24.3 Å². The number of rotatable bonds is 3. The van der Waals surface area contributed by atoms with Crippen LogP contribution in [0.2, 0.25) is 0 Å². The molecule has 1 aromatic carbocycles. The fraction of sp³-hybridized carbons (Fsp3) is 0.333. The van der Waals surface area contributed by atoms with Crippen molar-refractivity contribution in [2.24, 2.45) is 0 Å². The van der Waals surface area contributed by atoms with Crippen molar-refractivity contribution in [2.45, 2.75) is 17.8 Å². The Morgan fingerprint density at radius 3 is 2.82 bits per heavy atom. The van der Waals surface area contributed by atoms with Gasteiger partial charge in [0.2, 0.25) is 5.91 Å². The van der Waals surface area contributed by atoms with Crippen molar-refractivity contribution in [3.8, 4) is 0 Å². The number of ether oxygens (including phenoxy) is 1. The summed E-state index contributed by atoms with van der Waals surface area (Å²) in [5.74, 6) is -0.414. The van der Waals surface area contributed by atoms with Gasteiger partial charge in [-0.3, -0.25) is 9.69 Å². The summed E-state index contributed by atoms with van der Waals surface area (Å²) in [7, 11) is 1.33. The van der Waals surface area contributed by atoms with E-state index >= 15 is 0 Å². The molecule has 0 aliphatic carbocycles. The molecule has 0 saturated carbocycles. The molecule has 1 amide bonds. The molecule has 0 spiro atoms. The minimum atomic E-state index is -0.479. The number of carbonyl (C=O) groups excluding carboxylic acids is 2. The molecule has 2 rings (SSSR count). The Morgan fingerprint density at radius 2 is 2.24 bits per heavy atom. The predicted molar refractivity (Wildman–Crippen MR) is 67.0 cm³/mol. The molecule has 0 aromatic heterocycles. The summed E-state index contributed by atoms with van der Waals surface area (Å²) in [5, 5.41) is 0.640. The van der Waals surface area contributed by atoms with Crippen molar-refractivity contribution >= 4 is 33.5 Å². The van der Waals surface area contributed by atoms with Gasteiger partial charge in [0.15, 0.2) is 0 Å². The Morgan fingerprint density at radius 1 is 1.53 bits per heavy atom. The van der Waals surface area contributed by atoms with Crippen LogP contribution in [0.25, 0.3) is 0 Å². The Kier molecular flexibility index (Phi) is 3.47. The van der Waals surface area contributed by atoms with Crippen molar-refractivity contribution < 1.29 is 14.3 Å². The Balaban J connectivity index is 2.31. The number of β-lactam (4-membered cyclic amide) rings is 1. The average Bonchev–Trinajstić information content (AvgIpc) is 2.35. The summed E-state index contributed by atoms with van der Waals surface area (Å²) in [4.78, 5) is 24.6. The molecule has 0 N–H and O–H groups in total. The van der Waals surface area contributed by atoms with Crippen LogP contribution in [0, 0.1) is 0 Å². The van der Waals surface area contributed by atoms with E-state index in [0.29, 0.717) is 5.33 Å². The van der Waals surface area contributed by atoms with E-state index in [1.54, 1.807) is 0 Å². The topological polar surface area (TPSA) is 46.6 Å². The minimum Gasteiger partial charge on any atom is -0.467 e. The van der Waals surface area contributed by atoms with Gasteiger partial charge in [0.05, 0.1) is 13.5 Å². The zero-order valence-electron chi connectivity index (χ0n) is 9.35. The van der Waals surface area contributed by atoms with Crippen molar-refractivity contribution in [3.63, 3.8) is 0 Å². The highest BCUT2D eigenvalue weighted by atomic mass is 79.9. The van der Waals surface area contributed by atoms with Gasteiger partial charge in [-0.25, -0.2) is 4.79 Å². The highest BCUT2D eigenvalue weighted by molar-refractivity contribution is 9.08. The Bertz CT molecular complexity index is 461. The van der Waals surface area contributed by atoms with Crippen LogP contribution in [-0.2, 0) is 19.7 Å². The zero-order valence-corrected chi connectivity index (χ0v) is 10.9. The molecule has 4 nitrogen and oxygen atoms in total. The van der Waals surface area contributed by atoms with Crippen LogP contribution in [-0.4, -0.2) is 25.0 Å². The molecular weight excluding hydrogens is 286 g/mol. The van der Waals surface area contributed by atoms with Crippen LogP contribution in [0.3, 0.4) is 0 Å². The number of para-hydroxylation sites is 1. The second-order valence-electron chi connectivity index (χ2n) is 3.77. The third-order valence-corrected chi connectivity index (χ3v) is 3.42. The highest BCUT2D eigenvalue weighted by Gasteiger charge is 2.43. The summed E-state index contributed by atoms with van der Waals surface area (Å²) >= 11 is 3.37. The number of amides is 1. The van der Waals surface area contributed by atoms with Crippen molar-refractivity contribution in [3.05, 3.63) is 29.8 Å². The average molecular weight is 298 g/mol. The first-order chi connectivity index (χ1) is 8.19. The third kappa shape index (κ3) is 2.07. The molecule has 17 heavy (non-hydrogen) atoms. The van der Waals surface area contributed by atoms with E-state index in [1.807, 2.05) is 24.3 Å². The second kappa shape index (κ2) is 4.87. The van der Waals surface area contributed by atoms with Crippen molar-refractivity contribution in [1.82, 2.24) is 0 Å². The molecule has 1 atom stereocenters. The van der Waals surface area contributed by atoms with E-state index in [1.165, 1.54) is 12.0 Å². The summed E-state index contributed by atoms with van der Waals surface area (Å²) in [6, 6.07) is 7.03. The number of hydrogen-bond acceptors (Lipinski definition) is 3. The first kappa shape index (κ1) is 12.1. The lowest BCUT2D eigenvalue weighted by molar-refractivity contribution is -0.148. The number of alkyl halides is 1. The van der Waals surface area contributed by atoms with Crippen molar-refractivity contribution in [2.75, 3.05) is 12.0 Å². The number of carbonyl (C=O) groups is 2. The molecule has 1 unspecified atom stereocenters. The maximum absolute atomic E-state index is 11.6. The Labute approximate surface area is 108 Å². The minimum absolute atomic E-state index is 0.0474. The van der Waals surface area contributed by atoms with E-state index in [9.17, 15) is 9.59 Å². The first-order valence-electron chi connectivity index (χ1n) is 5.22. The van der Waals surface area contributed by atoms with Gasteiger partial charge in [0, 0.05) is 11.0 Å². The van der Waals surface area contributed by atoms with Crippen LogP contribution in [0.4, 0.5) is 5.69 Å². The molecule has 1 saturated heterocycles. The van der Waals surface area contributed by atoms with E-state index in [2.05, 4.69) is 20.7 Å². The van der Waals surface area contributed by atoms with Crippen LogP contribution < -0.4 is 4.90 Å². The number of anilines is 1. The van der Waals surface area contributed by atoms with Gasteiger partial charge >= 0.3 is 5.97 Å². The van der Waals surface area contributed by atoms with Gasteiger partial charge in [0.25, 0.3) is 0 Å². The number of hydrogen-bond donors (Lipinski definition) is 0. The first-order valence-corrected chi connectivity index (χ1v) is 6.35.